The molecule has 0 aromatic carbocycles. The number of nitrogens with zero attached hydrogens (tertiary/aromatic N) is 4. The SMILES string of the molecule is CCC(CC)(C(=O)O)n1nnnc1-c1sccc1OC. The second-order valence-electron chi connectivity index (χ2n) is 4.28. The van der Waals surface area contributed by atoms with Gasteiger partial charge in [-0.2, -0.15) is 0 Å². The standard InChI is InChI=1S/C12H16N4O3S/c1-4-12(5-2,11(17)18)16-10(13-14-15-16)9-8(19-3)6-7-20-9/h6-7H,4-5H2,1-3H3,(H,17,18). The number of carboxylic acid groups (broad SMARTS) is 1. The number of rotatable bonds is 6. The van der Waals surface area contributed by atoms with E-state index in [0.29, 0.717) is 24.4 Å². The van der Waals surface area contributed by atoms with Crippen molar-refractivity contribution in [3.8, 4) is 16.5 Å². The molecule has 1 N–H and O–H groups in total. The molecule has 0 unspecified atom stereocenters. The zero-order chi connectivity index (χ0) is 14.8. The molecule has 0 aliphatic carbocycles. The average molecular weight is 296 g/mol. The van der Waals surface area contributed by atoms with E-state index in [1.54, 1.807) is 13.2 Å². The fourth-order valence-corrected chi connectivity index (χ4v) is 3.01. The normalized spacial score (nSPS) is 11.6. The molecule has 0 amide bonds. The maximum atomic E-state index is 11.7. The van der Waals surface area contributed by atoms with Gasteiger partial charge in [-0.15, -0.1) is 16.4 Å². The van der Waals surface area contributed by atoms with Gasteiger partial charge in [-0.3, -0.25) is 0 Å². The number of methoxy groups -OCH3 is 1. The van der Waals surface area contributed by atoms with E-state index < -0.39 is 11.5 Å². The molecule has 108 valence electrons. The maximum absolute atomic E-state index is 11.7. The molecule has 0 spiro atoms. The van der Waals surface area contributed by atoms with Crippen LogP contribution in [0.3, 0.4) is 0 Å². The van der Waals surface area contributed by atoms with Crippen LogP contribution >= 0.6 is 11.3 Å². The van der Waals surface area contributed by atoms with Gasteiger partial charge in [0.05, 0.1) is 7.11 Å². The first-order valence-electron chi connectivity index (χ1n) is 6.24. The van der Waals surface area contributed by atoms with Crippen molar-refractivity contribution >= 4 is 17.3 Å². The lowest BCUT2D eigenvalue weighted by atomic mass is 9.93. The maximum Gasteiger partial charge on any atom is 0.331 e. The van der Waals surface area contributed by atoms with Crippen LogP contribution in [0.1, 0.15) is 26.7 Å². The molecule has 8 heteroatoms. The van der Waals surface area contributed by atoms with Crippen molar-refractivity contribution in [2.24, 2.45) is 0 Å². The van der Waals surface area contributed by atoms with Crippen molar-refractivity contribution in [1.82, 2.24) is 20.2 Å². The number of aromatic nitrogens is 4. The van der Waals surface area contributed by atoms with Crippen molar-refractivity contribution in [2.75, 3.05) is 7.11 Å². The van der Waals surface area contributed by atoms with Crippen molar-refractivity contribution < 1.29 is 14.6 Å². The lowest BCUT2D eigenvalue weighted by Crippen LogP contribution is -2.42. The highest BCUT2D eigenvalue weighted by atomic mass is 32.1. The van der Waals surface area contributed by atoms with Crippen LogP contribution in [0, 0.1) is 0 Å². The third-order valence-corrected chi connectivity index (χ3v) is 4.39. The molecule has 2 rings (SSSR count). The number of hydrogen-bond donors (Lipinski definition) is 1. The van der Waals surface area contributed by atoms with Gasteiger partial charge >= 0.3 is 5.97 Å². The van der Waals surface area contributed by atoms with Crippen LogP contribution in [-0.2, 0) is 10.3 Å². The number of tetrazole rings is 1. The fraction of sp³-hybridized carbons (Fsp3) is 0.500. The predicted octanol–water partition coefficient (Wildman–Crippen LogP) is 2.01. The highest BCUT2D eigenvalue weighted by Gasteiger charge is 2.41. The van der Waals surface area contributed by atoms with Gasteiger partial charge in [0, 0.05) is 0 Å². The number of hydrogen-bond acceptors (Lipinski definition) is 6. The molecule has 20 heavy (non-hydrogen) atoms. The van der Waals surface area contributed by atoms with Crippen LogP contribution in [0.25, 0.3) is 10.7 Å². The van der Waals surface area contributed by atoms with Gasteiger partial charge in [0.1, 0.15) is 10.6 Å². The Bertz CT molecular complexity index is 603. The zero-order valence-electron chi connectivity index (χ0n) is 11.5. The van der Waals surface area contributed by atoms with Gasteiger partial charge in [0.15, 0.2) is 11.4 Å². The summed E-state index contributed by atoms with van der Waals surface area (Å²) in [6, 6.07) is 1.80. The minimum absolute atomic E-state index is 0.393. The minimum atomic E-state index is -1.15. The van der Waals surface area contributed by atoms with Crippen molar-refractivity contribution in [3.63, 3.8) is 0 Å². The molecule has 0 atom stereocenters. The molecule has 0 bridgehead atoms. The summed E-state index contributed by atoms with van der Waals surface area (Å²) >= 11 is 1.41. The number of ether oxygens (including phenoxy) is 1. The summed E-state index contributed by atoms with van der Waals surface area (Å²) in [5, 5.41) is 23.0. The Balaban J connectivity index is 2.61. The molecule has 2 aromatic rings. The molecular formula is C12H16N4O3S. The van der Waals surface area contributed by atoms with Crippen molar-refractivity contribution in [3.05, 3.63) is 11.4 Å². The molecule has 2 aromatic heterocycles. The Labute approximate surface area is 120 Å². The second kappa shape index (κ2) is 5.58. The highest BCUT2D eigenvalue weighted by Crippen LogP contribution is 2.37. The smallest absolute Gasteiger partial charge is 0.331 e. The largest absolute Gasteiger partial charge is 0.495 e. The van der Waals surface area contributed by atoms with E-state index in [1.165, 1.54) is 16.0 Å². The van der Waals surface area contributed by atoms with Gasteiger partial charge in [0.2, 0.25) is 0 Å². The third kappa shape index (κ3) is 2.05. The van der Waals surface area contributed by atoms with Gasteiger partial charge in [-0.1, -0.05) is 13.8 Å². The van der Waals surface area contributed by atoms with E-state index in [4.69, 9.17) is 4.74 Å². The van der Waals surface area contributed by atoms with Gasteiger partial charge < -0.3 is 9.84 Å². The minimum Gasteiger partial charge on any atom is -0.495 e. The third-order valence-electron chi connectivity index (χ3n) is 3.49. The summed E-state index contributed by atoms with van der Waals surface area (Å²) in [6.07, 6.45) is 0.787. The molecule has 0 saturated carbocycles. The Morgan fingerprint density at radius 1 is 1.50 bits per heavy atom. The van der Waals surface area contributed by atoms with E-state index in [1.807, 2.05) is 19.2 Å². The lowest BCUT2D eigenvalue weighted by Gasteiger charge is -2.27. The van der Waals surface area contributed by atoms with E-state index in [2.05, 4.69) is 15.5 Å². The van der Waals surface area contributed by atoms with Crippen LogP contribution < -0.4 is 4.74 Å². The summed E-state index contributed by atoms with van der Waals surface area (Å²) in [4.78, 5) is 12.4. The number of carboxylic acids is 1. The summed E-state index contributed by atoms with van der Waals surface area (Å²) in [5.74, 6) is 0.118. The number of carbonyl (C=O) groups is 1. The van der Waals surface area contributed by atoms with Crippen LogP contribution in [0.4, 0.5) is 0 Å². The molecule has 0 radical (unpaired) electrons. The average Bonchev–Trinajstić information content (AvgIpc) is 3.08. The lowest BCUT2D eigenvalue weighted by molar-refractivity contribution is -0.148. The van der Waals surface area contributed by atoms with Crippen LogP contribution in [-0.4, -0.2) is 38.4 Å². The molecule has 0 aliphatic heterocycles. The van der Waals surface area contributed by atoms with E-state index >= 15 is 0 Å². The molecule has 0 fully saturated rings. The van der Waals surface area contributed by atoms with Crippen LogP contribution in [0.15, 0.2) is 11.4 Å². The summed E-state index contributed by atoms with van der Waals surface area (Å²) in [6.45, 7) is 3.63. The Morgan fingerprint density at radius 3 is 2.75 bits per heavy atom. The van der Waals surface area contributed by atoms with Crippen LogP contribution in [0.2, 0.25) is 0 Å². The zero-order valence-corrected chi connectivity index (χ0v) is 12.3. The molecule has 0 aliphatic rings. The van der Waals surface area contributed by atoms with Crippen molar-refractivity contribution in [2.45, 2.75) is 32.2 Å². The summed E-state index contributed by atoms with van der Waals surface area (Å²) in [5.41, 5.74) is -1.15. The molecule has 0 saturated heterocycles. The number of aliphatic carboxylic acids is 1. The quantitative estimate of drug-likeness (QED) is 0.877. The molecule has 2 heterocycles. The fourth-order valence-electron chi connectivity index (χ4n) is 2.18. The first kappa shape index (κ1) is 14.4. The van der Waals surface area contributed by atoms with Gasteiger partial charge in [0.25, 0.3) is 0 Å². The second-order valence-corrected chi connectivity index (χ2v) is 5.19. The highest BCUT2D eigenvalue weighted by molar-refractivity contribution is 7.13. The monoisotopic (exact) mass is 296 g/mol. The van der Waals surface area contributed by atoms with E-state index in [0.717, 1.165) is 4.88 Å². The Hall–Kier alpha value is -1.96. The topological polar surface area (TPSA) is 90.1 Å². The predicted molar refractivity (Wildman–Crippen MR) is 73.9 cm³/mol. The summed E-state index contributed by atoms with van der Waals surface area (Å²) < 4.78 is 6.65. The molecular weight excluding hydrogens is 280 g/mol. The van der Waals surface area contributed by atoms with Crippen molar-refractivity contribution in [1.29, 1.82) is 0 Å². The number of thiophene rings is 1. The molecule has 7 nitrogen and oxygen atoms in total. The Morgan fingerprint density at radius 2 is 2.20 bits per heavy atom. The summed E-state index contributed by atoms with van der Waals surface area (Å²) in [7, 11) is 1.56. The first-order chi connectivity index (χ1) is 9.60. The van der Waals surface area contributed by atoms with Gasteiger partial charge in [-0.05, 0) is 34.7 Å². The first-order valence-corrected chi connectivity index (χ1v) is 7.12. The Kier molecular flexibility index (Phi) is 4.03. The van der Waals surface area contributed by atoms with E-state index in [-0.39, 0.29) is 0 Å². The van der Waals surface area contributed by atoms with Crippen LogP contribution in [0.5, 0.6) is 5.75 Å². The van der Waals surface area contributed by atoms with E-state index in [9.17, 15) is 9.90 Å². The van der Waals surface area contributed by atoms with Gasteiger partial charge in [-0.25, -0.2) is 9.48 Å².